The molecule has 30 heavy (non-hydrogen) atoms. The van der Waals surface area contributed by atoms with Gasteiger partial charge < -0.3 is 5.32 Å². The van der Waals surface area contributed by atoms with E-state index >= 15 is 0 Å². The fourth-order valence-electron chi connectivity index (χ4n) is 2.97. The number of sulfone groups is 1. The molecular formula is C24H26N2O3S. The molecule has 1 N–H and O–H groups in total. The normalized spacial score (nSPS) is 11.5. The van der Waals surface area contributed by atoms with Crippen molar-refractivity contribution in [1.29, 1.82) is 0 Å². The summed E-state index contributed by atoms with van der Waals surface area (Å²) in [6.07, 6.45) is 1.72. The Labute approximate surface area is 178 Å². The Hall–Kier alpha value is -2.99. The summed E-state index contributed by atoms with van der Waals surface area (Å²) in [5.41, 5.74) is 4.75. The summed E-state index contributed by atoms with van der Waals surface area (Å²) in [7, 11) is -3.53. The summed E-state index contributed by atoms with van der Waals surface area (Å²) in [5.74, 6) is -0.329. The van der Waals surface area contributed by atoms with E-state index in [0.29, 0.717) is 17.7 Å². The van der Waals surface area contributed by atoms with Crippen molar-refractivity contribution in [3.8, 4) is 11.1 Å². The molecule has 0 aliphatic rings. The lowest BCUT2D eigenvalue weighted by atomic mass is 10.0. The third-order valence-electron chi connectivity index (χ3n) is 4.93. The molecule has 0 aliphatic heterocycles. The molecule has 0 saturated heterocycles. The number of benzene rings is 2. The standard InChI is InChI=1S/C24H26N2O3S/c1-16(2)30(28,29)23-12-21(20-9-5-17(3)6-10-20)11-22(13-23)24(27)26-15-19-8-7-18(4)25-14-19/h5-14,16H,15H2,1-4H3,(H,26,27). The fraction of sp³-hybridized carbons (Fsp3) is 0.250. The molecule has 6 heteroatoms. The van der Waals surface area contributed by atoms with Crippen molar-refractivity contribution in [3.05, 3.63) is 83.2 Å². The lowest BCUT2D eigenvalue weighted by Gasteiger charge is -2.13. The van der Waals surface area contributed by atoms with Crippen molar-refractivity contribution in [1.82, 2.24) is 10.3 Å². The molecule has 5 nitrogen and oxygen atoms in total. The predicted octanol–water partition coefficient (Wildman–Crippen LogP) is 4.48. The summed E-state index contributed by atoms with van der Waals surface area (Å²) in [6, 6.07) is 16.4. The van der Waals surface area contributed by atoms with Gasteiger partial charge in [0.15, 0.2) is 9.84 Å². The van der Waals surface area contributed by atoms with Crippen LogP contribution < -0.4 is 5.32 Å². The van der Waals surface area contributed by atoms with E-state index in [1.807, 2.05) is 50.2 Å². The van der Waals surface area contributed by atoms with Gasteiger partial charge in [-0.3, -0.25) is 9.78 Å². The number of nitrogens with one attached hydrogen (secondary N) is 1. The number of hydrogen-bond acceptors (Lipinski definition) is 4. The minimum Gasteiger partial charge on any atom is -0.348 e. The molecule has 0 bridgehead atoms. The molecule has 0 spiro atoms. The minimum absolute atomic E-state index is 0.151. The Morgan fingerprint density at radius 2 is 1.67 bits per heavy atom. The highest BCUT2D eigenvalue weighted by molar-refractivity contribution is 7.92. The van der Waals surface area contributed by atoms with Gasteiger partial charge in [0.05, 0.1) is 10.1 Å². The molecule has 3 rings (SSSR count). The Kier molecular flexibility index (Phi) is 6.37. The lowest BCUT2D eigenvalue weighted by molar-refractivity contribution is 0.0950. The van der Waals surface area contributed by atoms with Crippen LogP contribution in [0.4, 0.5) is 0 Å². The molecule has 0 fully saturated rings. The van der Waals surface area contributed by atoms with Crippen molar-refractivity contribution in [2.24, 2.45) is 0 Å². The molecule has 1 aromatic heterocycles. The maximum Gasteiger partial charge on any atom is 0.251 e. The first-order chi connectivity index (χ1) is 14.2. The smallest absolute Gasteiger partial charge is 0.251 e. The number of amides is 1. The molecule has 0 unspecified atom stereocenters. The average molecular weight is 423 g/mol. The van der Waals surface area contributed by atoms with Gasteiger partial charge in [-0.05, 0) is 68.7 Å². The molecule has 0 aliphatic carbocycles. The second kappa shape index (κ2) is 8.79. The third-order valence-corrected chi connectivity index (χ3v) is 7.06. The van der Waals surface area contributed by atoms with Crippen LogP contribution in [0.25, 0.3) is 11.1 Å². The first kappa shape index (κ1) is 21.7. The number of carbonyl (C=O) groups excluding carboxylic acids is 1. The summed E-state index contributed by atoms with van der Waals surface area (Å²) in [4.78, 5) is 17.2. The third kappa shape index (κ3) is 4.94. The second-order valence-corrected chi connectivity index (χ2v) is 10.2. The van der Waals surface area contributed by atoms with E-state index in [2.05, 4.69) is 10.3 Å². The lowest BCUT2D eigenvalue weighted by Crippen LogP contribution is -2.23. The maximum absolute atomic E-state index is 12.8. The van der Waals surface area contributed by atoms with Crippen molar-refractivity contribution in [2.75, 3.05) is 0 Å². The number of rotatable bonds is 6. The van der Waals surface area contributed by atoms with Crippen LogP contribution in [0.15, 0.2) is 65.7 Å². The summed E-state index contributed by atoms with van der Waals surface area (Å²) in [5, 5.41) is 2.27. The van der Waals surface area contributed by atoms with Gasteiger partial charge in [0.2, 0.25) is 0 Å². The van der Waals surface area contributed by atoms with E-state index in [4.69, 9.17) is 0 Å². The number of aromatic nitrogens is 1. The fourth-order valence-corrected chi connectivity index (χ4v) is 4.09. The molecular weight excluding hydrogens is 396 g/mol. The first-order valence-electron chi connectivity index (χ1n) is 9.82. The summed E-state index contributed by atoms with van der Waals surface area (Å²) >= 11 is 0. The zero-order chi connectivity index (χ0) is 21.9. The van der Waals surface area contributed by atoms with Gasteiger partial charge in [-0.25, -0.2) is 8.42 Å². The molecule has 3 aromatic rings. The predicted molar refractivity (Wildman–Crippen MR) is 119 cm³/mol. The van der Waals surface area contributed by atoms with Gasteiger partial charge in [-0.2, -0.15) is 0 Å². The van der Waals surface area contributed by atoms with Crippen molar-refractivity contribution < 1.29 is 13.2 Å². The molecule has 156 valence electrons. The van der Waals surface area contributed by atoms with E-state index < -0.39 is 15.1 Å². The van der Waals surface area contributed by atoms with Crippen LogP contribution in [0, 0.1) is 13.8 Å². The molecule has 1 heterocycles. The highest BCUT2D eigenvalue weighted by atomic mass is 32.2. The zero-order valence-electron chi connectivity index (χ0n) is 17.6. The molecule has 2 aromatic carbocycles. The summed E-state index contributed by atoms with van der Waals surface area (Å²) < 4.78 is 25.6. The Balaban J connectivity index is 1.97. The Morgan fingerprint density at radius 1 is 0.967 bits per heavy atom. The highest BCUT2D eigenvalue weighted by Crippen LogP contribution is 2.27. The number of nitrogens with zero attached hydrogens (tertiary/aromatic N) is 1. The van der Waals surface area contributed by atoms with Crippen LogP contribution in [0.1, 0.15) is 41.0 Å². The van der Waals surface area contributed by atoms with Gasteiger partial charge >= 0.3 is 0 Å². The quantitative estimate of drug-likeness (QED) is 0.636. The van der Waals surface area contributed by atoms with E-state index in [1.54, 1.807) is 32.2 Å². The van der Waals surface area contributed by atoms with Gasteiger partial charge in [0.1, 0.15) is 0 Å². The minimum atomic E-state index is -3.53. The first-order valence-corrected chi connectivity index (χ1v) is 11.4. The largest absolute Gasteiger partial charge is 0.348 e. The Morgan fingerprint density at radius 3 is 2.27 bits per heavy atom. The van der Waals surface area contributed by atoms with Gasteiger partial charge in [-0.15, -0.1) is 0 Å². The van der Waals surface area contributed by atoms with Crippen LogP contribution >= 0.6 is 0 Å². The van der Waals surface area contributed by atoms with E-state index in [1.165, 1.54) is 6.07 Å². The van der Waals surface area contributed by atoms with Crippen molar-refractivity contribution in [3.63, 3.8) is 0 Å². The molecule has 0 saturated carbocycles. The Bertz CT molecular complexity index is 1150. The molecule has 0 radical (unpaired) electrons. The van der Waals surface area contributed by atoms with E-state index in [-0.39, 0.29) is 10.8 Å². The van der Waals surface area contributed by atoms with Gasteiger partial charge in [0, 0.05) is 24.0 Å². The van der Waals surface area contributed by atoms with Crippen LogP contribution in [0.3, 0.4) is 0 Å². The van der Waals surface area contributed by atoms with Crippen LogP contribution in [0.2, 0.25) is 0 Å². The van der Waals surface area contributed by atoms with Gasteiger partial charge in [-0.1, -0.05) is 35.9 Å². The molecule has 0 atom stereocenters. The number of aryl methyl sites for hydroxylation is 2. The maximum atomic E-state index is 12.8. The van der Waals surface area contributed by atoms with E-state index in [0.717, 1.165) is 22.4 Å². The summed E-state index contributed by atoms with van der Waals surface area (Å²) in [6.45, 7) is 7.47. The van der Waals surface area contributed by atoms with Crippen LogP contribution in [0.5, 0.6) is 0 Å². The van der Waals surface area contributed by atoms with Crippen LogP contribution in [-0.2, 0) is 16.4 Å². The number of hydrogen-bond donors (Lipinski definition) is 1. The van der Waals surface area contributed by atoms with Crippen LogP contribution in [-0.4, -0.2) is 24.6 Å². The van der Waals surface area contributed by atoms with Crippen molar-refractivity contribution >= 4 is 15.7 Å². The number of carbonyl (C=O) groups is 1. The number of pyridine rings is 1. The van der Waals surface area contributed by atoms with Crippen molar-refractivity contribution in [2.45, 2.75) is 44.4 Å². The monoisotopic (exact) mass is 422 g/mol. The zero-order valence-corrected chi connectivity index (χ0v) is 18.5. The SMILES string of the molecule is Cc1ccc(-c2cc(C(=O)NCc3ccc(C)nc3)cc(S(=O)(=O)C(C)C)c2)cc1. The highest BCUT2D eigenvalue weighted by Gasteiger charge is 2.22. The topological polar surface area (TPSA) is 76.1 Å². The van der Waals surface area contributed by atoms with Gasteiger partial charge in [0.25, 0.3) is 5.91 Å². The molecule has 1 amide bonds. The van der Waals surface area contributed by atoms with E-state index in [9.17, 15) is 13.2 Å². The average Bonchev–Trinajstić information content (AvgIpc) is 2.73. The second-order valence-electron chi connectivity index (χ2n) is 7.70.